The third-order valence-electron chi connectivity index (χ3n) is 3.82. The normalized spacial score (nSPS) is 11.2. The molecule has 0 aliphatic carbocycles. The smallest absolute Gasteiger partial charge is 0.229 e. The van der Waals surface area contributed by atoms with E-state index in [0.717, 1.165) is 17.8 Å². The molecule has 112 valence electrons. The summed E-state index contributed by atoms with van der Waals surface area (Å²) in [5.41, 5.74) is 1.83. The average molecular weight is 286 g/mol. The molecule has 1 heterocycles. The summed E-state index contributed by atoms with van der Waals surface area (Å²) in [5, 5.41) is 16.1. The van der Waals surface area contributed by atoms with Crippen molar-refractivity contribution in [2.24, 2.45) is 0 Å². The summed E-state index contributed by atoms with van der Waals surface area (Å²) in [4.78, 5) is 8.46. The minimum absolute atomic E-state index is 0.0534. The average Bonchev–Trinajstić information content (AvgIpc) is 2.49. The van der Waals surface area contributed by atoms with Gasteiger partial charge in [0.15, 0.2) is 0 Å². The predicted molar refractivity (Wildman–Crippen MR) is 86.3 cm³/mol. The minimum atomic E-state index is 0.0534. The largest absolute Gasteiger partial charge is 0.506 e. The van der Waals surface area contributed by atoms with Gasteiger partial charge in [-0.05, 0) is 35.6 Å². The molecule has 0 bridgehead atoms. The van der Waals surface area contributed by atoms with Crippen LogP contribution in [0.15, 0.2) is 30.5 Å². The molecular weight excluding hydrogens is 264 g/mol. The molecule has 2 rings (SSSR count). The number of rotatable bonds is 5. The van der Waals surface area contributed by atoms with Crippen LogP contribution in [-0.2, 0) is 5.41 Å². The van der Waals surface area contributed by atoms with E-state index in [4.69, 9.17) is 0 Å². The highest BCUT2D eigenvalue weighted by atomic mass is 16.3. The van der Waals surface area contributed by atoms with Gasteiger partial charge in [-0.15, -0.1) is 0 Å². The summed E-state index contributed by atoms with van der Waals surface area (Å²) >= 11 is 0. The Bertz CT molecular complexity index is 625. The van der Waals surface area contributed by atoms with Crippen molar-refractivity contribution in [2.45, 2.75) is 32.6 Å². The fourth-order valence-electron chi connectivity index (χ4n) is 1.94. The fraction of sp³-hybridized carbons (Fsp3) is 0.375. The maximum atomic E-state index is 10.0. The minimum Gasteiger partial charge on any atom is -0.506 e. The second-order valence-electron chi connectivity index (χ2n) is 5.61. The first kappa shape index (κ1) is 15.1. The molecule has 0 unspecified atom stereocenters. The van der Waals surface area contributed by atoms with Gasteiger partial charge in [-0.1, -0.05) is 26.8 Å². The van der Waals surface area contributed by atoms with Crippen molar-refractivity contribution in [3.63, 3.8) is 0 Å². The standard InChI is InChI=1S/C16H22N4O/c1-5-16(2,3)11-6-7-13(21)12(10-11)19-15-18-9-8-14(17-4)20-15/h6-10,21H,5H2,1-4H3,(H2,17,18,19,20). The van der Waals surface area contributed by atoms with E-state index in [1.54, 1.807) is 25.4 Å². The molecule has 0 spiro atoms. The van der Waals surface area contributed by atoms with Crippen LogP contribution in [0.1, 0.15) is 32.8 Å². The number of phenols is 1. The Balaban J connectivity index is 2.33. The highest BCUT2D eigenvalue weighted by Gasteiger charge is 2.19. The molecule has 1 aromatic carbocycles. The lowest BCUT2D eigenvalue weighted by Crippen LogP contribution is -2.15. The van der Waals surface area contributed by atoms with Gasteiger partial charge in [-0.3, -0.25) is 0 Å². The second-order valence-corrected chi connectivity index (χ2v) is 5.61. The van der Waals surface area contributed by atoms with Gasteiger partial charge >= 0.3 is 0 Å². The molecule has 21 heavy (non-hydrogen) atoms. The number of benzene rings is 1. The van der Waals surface area contributed by atoms with Gasteiger partial charge < -0.3 is 15.7 Å². The van der Waals surface area contributed by atoms with Crippen molar-refractivity contribution in [3.8, 4) is 5.75 Å². The molecule has 3 N–H and O–H groups in total. The summed E-state index contributed by atoms with van der Waals surface area (Å²) in [6.45, 7) is 6.52. The van der Waals surface area contributed by atoms with Crippen molar-refractivity contribution in [1.82, 2.24) is 9.97 Å². The molecule has 0 radical (unpaired) electrons. The van der Waals surface area contributed by atoms with Crippen LogP contribution >= 0.6 is 0 Å². The van der Waals surface area contributed by atoms with Gasteiger partial charge in [-0.25, -0.2) is 4.98 Å². The lowest BCUT2D eigenvalue weighted by molar-refractivity contribution is 0.474. The summed E-state index contributed by atoms with van der Waals surface area (Å²) in [5.74, 6) is 1.35. The quantitative estimate of drug-likeness (QED) is 0.732. The van der Waals surface area contributed by atoms with Crippen LogP contribution in [0.5, 0.6) is 5.75 Å². The maximum absolute atomic E-state index is 10.0. The molecule has 0 aliphatic rings. The van der Waals surface area contributed by atoms with E-state index >= 15 is 0 Å². The first-order chi connectivity index (χ1) is 9.96. The number of hydrogen-bond acceptors (Lipinski definition) is 5. The summed E-state index contributed by atoms with van der Waals surface area (Å²) < 4.78 is 0. The van der Waals surface area contributed by atoms with Crippen molar-refractivity contribution >= 4 is 17.5 Å². The van der Waals surface area contributed by atoms with Crippen molar-refractivity contribution in [3.05, 3.63) is 36.0 Å². The molecule has 2 aromatic rings. The van der Waals surface area contributed by atoms with E-state index in [2.05, 4.69) is 41.4 Å². The molecule has 0 fully saturated rings. The number of hydrogen-bond donors (Lipinski definition) is 3. The first-order valence-electron chi connectivity index (χ1n) is 7.07. The molecule has 5 nitrogen and oxygen atoms in total. The molecule has 0 saturated carbocycles. The maximum Gasteiger partial charge on any atom is 0.229 e. The Labute approximate surface area is 125 Å². The first-order valence-corrected chi connectivity index (χ1v) is 7.07. The van der Waals surface area contributed by atoms with Gasteiger partial charge in [0.1, 0.15) is 11.6 Å². The number of aromatic hydroxyl groups is 1. The third-order valence-corrected chi connectivity index (χ3v) is 3.82. The number of nitrogens with zero attached hydrogens (tertiary/aromatic N) is 2. The van der Waals surface area contributed by atoms with Gasteiger partial charge in [-0.2, -0.15) is 4.98 Å². The Morgan fingerprint density at radius 3 is 2.67 bits per heavy atom. The van der Waals surface area contributed by atoms with Crippen LogP contribution in [0.25, 0.3) is 0 Å². The zero-order chi connectivity index (χ0) is 15.5. The van der Waals surface area contributed by atoms with E-state index in [1.807, 2.05) is 12.1 Å². The van der Waals surface area contributed by atoms with Gasteiger partial charge in [0.25, 0.3) is 0 Å². The van der Waals surface area contributed by atoms with E-state index in [1.165, 1.54) is 0 Å². The van der Waals surface area contributed by atoms with Crippen molar-refractivity contribution in [1.29, 1.82) is 0 Å². The van der Waals surface area contributed by atoms with E-state index < -0.39 is 0 Å². The number of aromatic nitrogens is 2. The Hall–Kier alpha value is -2.30. The molecule has 1 aromatic heterocycles. The third kappa shape index (κ3) is 3.42. The Morgan fingerprint density at radius 1 is 1.24 bits per heavy atom. The van der Waals surface area contributed by atoms with Crippen LogP contribution in [0.4, 0.5) is 17.5 Å². The van der Waals surface area contributed by atoms with Gasteiger partial charge in [0.05, 0.1) is 5.69 Å². The highest BCUT2D eigenvalue weighted by molar-refractivity contribution is 5.64. The molecule has 0 aliphatic heterocycles. The van der Waals surface area contributed by atoms with Crippen molar-refractivity contribution in [2.75, 3.05) is 17.7 Å². The molecule has 0 amide bonds. The van der Waals surface area contributed by atoms with Crippen LogP contribution < -0.4 is 10.6 Å². The predicted octanol–water partition coefficient (Wildman–Crippen LogP) is 3.66. The number of nitrogens with one attached hydrogen (secondary N) is 2. The van der Waals surface area contributed by atoms with Crippen LogP contribution in [0, 0.1) is 0 Å². The summed E-state index contributed by atoms with van der Waals surface area (Å²) in [6.07, 6.45) is 2.68. The molecule has 5 heteroatoms. The van der Waals surface area contributed by atoms with Crippen LogP contribution in [0.2, 0.25) is 0 Å². The molecule has 0 atom stereocenters. The van der Waals surface area contributed by atoms with E-state index in [9.17, 15) is 5.11 Å². The van der Waals surface area contributed by atoms with Crippen LogP contribution in [0.3, 0.4) is 0 Å². The Kier molecular flexibility index (Phi) is 4.31. The van der Waals surface area contributed by atoms with Crippen molar-refractivity contribution < 1.29 is 5.11 Å². The number of anilines is 3. The fourth-order valence-corrected chi connectivity index (χ4v) is 1.94. The topological polar surface area (TPSA) is 70.1 Å². The lowest BCUT2D eigenvalue weighted by Gasteiger charge is -2.24. The zero-order valence-corrected chi connectivity index (χ0v) is 12.9. The van der Waals surface area contributed by atoms with Gasteiger partial charge in [0, 0.05) is 13.2 Å². The summed E-state index contributed by atoms with van der Waals surface area (Å²) in [7, 11) is 1.80. The van der Waals surface area contributed by atoms with E-state index in [0.29, 0.717) is 11.6 Å². The lowest BCUT2D eigenvalue weighted by atomic mass is 9.82. The van der Waals surface area contributed by atoms with E-state index in [-0.39, 0.29) is 11.2 Å². The highest BCUT2D eigenvalue weighted by Crippen LogP contribution is 2.33. The summed E-state index contributed by atoms with van der Waals surface area (Å²) in [6, 6.07) is 7.39. The second kappa shape index (κ2) is 5.99. The molecular formula is C16H22N4O. The SMILES string of the molecule is CCC(C)(C)c1ccc(O)c(Nc2nccc(NC)n2)c1. The zero-order valence-electron chi connectivity index (χ0n) is 12.9. The monoisotopic (exact) mass is 286 g/mol. The van der Waals surface area contributed by atoms with Gasteiger partial charge in [0.2, 0.25) is 5.95 Å². The number of phenolic OH excluding ortho intramolecular Hbond substituents is 1. The van der Waals surface area contributed by atoms with Crippen LogP contribution in [-0.4, -0.2) is 22.1 Å². The Morgan fingerprint density at radius 2 is 2.00 bits per heavy atom. The molecule has 0 saturated heterocycles.